The maximum Gasteiger partial charge on any atom is 0.129 e. The van der Waals surface area contributed by atoms with Crippen molar-refractivity contribution in [3.8, 4) is 11.5 Å². The lowest BCUT2D eigenvalue weighted by Crippen LogP contribution is -2.16. The first-order valence-corrected chi connectivity index (χ1v) is 8.47. The first-order valence-electron chi connectivity index (χ1n) is 4.97. The summed E-state index contributed by atoms with van der Waals surface area (Å²) in [5.41, 5.74) is 4.22. The van der Waals surface area contributed by atoms with Crippen molar-refractivity contribution in [2.45, 2.75) is 39.4 Å². The highest BCUT2D eigenvalue weighted by Crippen LogP contribution is 2.11. The van der Waals surface area contributed by atoms with Crippen LogP contribution in [0.3, 0.4) is 0 Å². The number of rotatable bonds is 4. The second kappa shape index (κ2) is 5.82. The Bertz CT molecular complexity index is 262. The van der Waals surface area contributed by atoms with Crippen molar-refractivity contribution in [3.63, 3.8) is 0 Å². The predicted octanol–water partition coefficient (Wildman–Crippen LogP) is 3.04. The fourth-order valence-corrected chi connectivity index (χ4v) is 1.64. The van der Waals surface area contributed by atoms with Gasteiger partial charge in [0.1, 0.15) is 14.4 Å². The Labute approximate surface area is 88.6 Å². The Kier molecular flexibility index (Phi) is 5.48. The summed E-state index contributed by atoms with van der Waals surface area (Å²) in [5, 5.41) is 0. The number of carbonyl (C=O) groups excluding carboxylic acids is 1. The van der Waals surface area contributed by atoms with Crippen LogP contribution in [-0.2, 0) is 4.79 Å². The van der Waals surface area contributed by atoms with E-state index in [1.807, 2.05) is 6.92 Å². The Morgan fingerprint density at radius 2 is 2.07 bits per heavy atom. The summed E-state index contributed by atoms with van der Waals surface area (Å²) in [6.07, 6.45) is 2.59. The summed E-state index contributed by atoms with van der Waals surface area (Å²) in [4.78, 5) is 10.6. The van der Waals surface area contributed by atoms with Crippen LogP contribution < -0.4 is 0 Å². The minimum Gasteiger partial charge on any atom is -0.303 e. The number of allylic oxidation sites excluding steroid dienone is 1. The van der Waals surface area contributed by atoms with E-state index in [2.05, 4.69) is 37.7 Å². The van der Waals surface area contributed by atoms with Crippen molar-refractivity contribution in [1.29, 1.82) is 0 Å². The summed E-state index contributed by atoms with van der Waals surface area (Å²) in [5.74, 6) is 3.15. The van der Waals surface area contributed by atoms with Gasteiger partial charge in [-0.15, -0.1) is 11.5 Å². The normalized spacial score (nSPS) is 12.6. The van der Waals surface area contributed by atoms with Crippen molar-refractivity contribution < 1.29 is 4.79 Å². The molecule has 0 heterocycles. The van der Waals surface area contributed by atoms with Crippen LogP contribution in [-0.4, -0.2) is 14.4 Å². The molecule has 0 rings (SSSR count). The van der Waals surface area contributed by atoms with Crippen LogP contribution in [0.5, 0.6) is 0 Å². The molecule has 0 aliphatic carbocycles. The maximum absolute atomic E-state index is 10.6. The molecule has 0 aromatic carbocycles. The molecule has 1 nitrogen and oxygen atoms in total. The fraction of sp³-hybridized carbons (Fsp3) is 0.583. The first-order chi connectivity index (χ1) is 6.37. The topological polar surface area (TPSA) is 17.1 Å². The van der Waals surface area contributed by atoms with E-state index in [4.69, 9.17) is 0 Å². The van der Waals surface area contributed by atoms with Gasteiger partial charge in [0.2, 0.25) is 0 Å². The van der Waals surface area contributed by atoms with Gasteiger partial charge < -0.3 is 4.79 Å². The third kappa shape index (κ3) is 6.68. The number of hydrogen-bond acceptors (Lipinski definition) is 1. The first kappa shape index (κ1) is 13.2. The quantitative estimate of drug-likeness (QED) is 0.300. The third-order valence-corrected chi connectivity index (χ3v) is 2.77. The van der Waals surface area contributed by atoms with Crippen LogP contribution in [0.25, 0.3) is 0 Å². The smallest absolute Gasteiger partial charge is 0.129 e. The zero-order valence-corrected chi connectivity index (χ0v) is 10.7. The Morgan fingerprint density at radius 3 is 2.43 bits per heavy atom. The van der Waals surface area contributed by atoms with Gasteiger partial charge in [0.25, 0.3) is 0 Å². The lowest BCUT2D eigenvalue weighted by molar-refractivity contribution is -0.110. The SMILES string of the molecule is C=C(C)C(C=O)CCC#C[Si](C)(C)C. The average Bonchev–Trinajstić information content (AvgIpc) is 2.01. The molecule has 0 bridgehead atoms. The van der Waals surface area contributed by atoms with E-state index in [0.29, 0.717) is 0 Å². The second-order valence-corrected chi connectivity index (χ2v) is 9.43. The lowest BCUT2D eigenvalue weighted by Gasteiger charge is -2.07. The molecular weight excluding hydrogens is 188 g/mol. The zero-order chi connectivity index (χ0) is 11.2. The summed E-state index contributed by atoms with van der Waals surface area (Å²) < 4.78 is 0. The highest BCUT2D eigenvalue weighted by Gasteiger charge is 2.08. The van der Waals surface area contributed by atoms with Crippen molar-refractivity contribution in [2.24, 2.45) is 5.92 Å². The highest BCUT2D eigenvalue weighted by molar-refractivity contribution is 6.83. The van der Waals surface area contributed by atoms with E-state index >= 15 is 0 Å². The highest BCUT2D eigenvalue weighted by atomic mass is 28.3. The van der Waals surface area contributed by atoms with Gasteiger partial charge in [-0.2, -0.15) is 0 Å². The van der Waals surface area contributed by atoms with Gasteiger partial charge in [-0.25, -0.2) is 0 Å². The molecular formula is C12H20OSi. The zero-order valence-electron chi connectivity index (χ0n) is 9.68. The predicted molar refractivity (Wildman–Crippen MR) is 64.7 cm³/mol. The van der Waals surface area contributed by atoms with Crippen LogP contribution in [0.1, 0.15) is 19.8 Å². The molecule has 14 heavy (non-hydrogen) atoms. The van der Waals surface area contributed by atoms with E-state index < -0.39 is 8.07 Å². The number of carbonyl (C=O) groups is 1. The summed E-state index contributed by atoms with van der Waals surface area (Å²) in [6, 6.07) is 0. The number of hydrogen-bond donors (Lipinski definition) is 0. The molecule has 1 unspecified atom stereocenters. The van der Waals surface area contributed by atoms with Crippen molar-refractivity contribution >= 4 is 14.4 Å². The standard InChI is InChI=1S/C12H20OSi/c1-11(2)12(10-13)8-6-7-9-14(3,4)5/h10,12H,1,6,8H2,2-5H3. The molecule has 0 saturated heterocycles. The molecule has 0 fully saturated rings. The largest absolute Gasteiger partial charge is 0.303 e. The maximum atomic E-state index is 10.6. The van der Waals surface area contributed by atoms with Crippen molar-refractivity contribution in [3.05, 3.63) is 12.2 Å². The van der Waals surface area contributed by atoms with E-state index in [-0.39, 0.29) is 5.92 Å². The molecule has 0 spiro atoms. The van der Waals surface area contributed by atoms with Gasteiger partial charge in [-0.05, 0) is 13.3 Å². The van der Waals surface area contributed by atoms with E-state index in [9.17, 15) is 4.79 Å². The monoisotopic (exact) mass is 208 g/mol. The molecule has 0 aromatic heterocycles. The molecule has 0 radical (unpaired) electrons. The van der Waals surface area contributed by atoms with Gasteiger partial charge >= 0.3 is 0 Å². The van der Waals surface area contributed by atoms with Gasteiger partial charge in [0, 0.05) is 12.3 Å². The summed E-state index contributed by atoms with van der Waals surface area (Å²) in [7, 11) is -1.24. The second-order valence-electron chi connectivity index (χ2n) is 4.68. The van der Waals surface area contributed by atoms with Gasteiger partial charge in [-0.3, -0.25) is 0 Å². The molecule has 78 valence electrons. The van der Waals surface area contributed by atoms with Gasteiger partial charge in [0.05, 0.1) is 0 Å². The third-order valence-electron chi connectivity index (χ3n) is 1.84. The van der Waals surface area contributed by atoms with Crippen LogP contribution >= 0.6 is 0 Å². The molecule has 0 aromatic rings. The van der Waals surface area contributed by atoms with Gasteiger partial charge in [0.15, 0.2) is 0 Å². The van der Waals surface area contributed by atoms with Crippen molar-refractivity contribution in [1.82, 2.24) is 0 Å². The van der Waals surface area contributed by atoms with Crippen LogP contribution in [0, 0.1) is 17.4 Å². The van der Waals surface area contributed by atoms with E-state index in [1.54, 1.807) is 0 Å². The molecule has 0 amide bonds. The summed E-state index contributed by atoms with van der Waals surface area (Å²) in [6.45, 7) is 12.3. The van der Waals surface area contributed by atoms with Crippen molar-refractivity contribution in [2.75, 3.05) is 0 Å². The summed E-state index contributed by atoms with van der Waals surface area (Å²) >= 11 is 0. The fourth-order valence-electron chi connectivity index (χ4n) is 0.986. The Morgan fingerprint density at radius 1 is 1.50 bits per heavy atom. The Balaban J connectivity index is 3.99. The Hall–Kier alpha value is -0.813. The molecule has 2 heteroatoms. The molecule has 0 aliphatic heterocycles. The molecule has 0 aliphatic rings. The van der Waals surface area contributed by atoms with E-state index in [1.165, 1.54) is 0 Å². The minimum atomic E-state index is -1.24. The van der Waals surface area contributed by atoms with Crippen LogP contribution in [0.4, 0.5) is 0 Å². The minimum absolute atomic E-state index is 0.00839. The number of aldehydes is 1. The molecule has 0 saturated carbocycles. The van der Waals surface area contributed by atoms with E-state index in [0.717, 1.165) is 24.7 Å². The van der Waals surface area contributed by atoms with Crippen LogP contribution in [0.2, 0.25) is 19.6 Å². The average molecular weight is 208 g/mol. The molecule has 1 atom stereocenters. The lowest BCUT2D eigenvalue weighted by atomic mass is 9.98. The van der Waals surface area contributed by atoms with Gasteiger partial charge in [-0.1, -0.05) is 31.8 Å². The van der Waals surface area contributed by atoms with Crippen LogP contribution in [0.15, 0.2) is 12.2 Å². The molecule has 0 N–H and O–H groups in total.